The van der Waals surface area contributed by atoms with E-state index in [0.29, 0.717) is 10.8 Å². The molecule has 208 valence electrons. The number of nitrogens with zero attached hydrogens (tertiary/aromatic N) is 3. The van der Waals surface area contributed by atoms with E-state index in [2.05, 4.69) is 13.2 Å². The van der Waals surface area contributed by atoms with Crippen LogP contribution < -0.4 is 19.9 Å². The van der Waals surface area contributed by atoms with Gasteiger partial charge in [0.05, 0.1) is 5.02 Å². The van der Waals surface area contributed by atoms with Crippen LogP contribution >= 0.6 is 11.6 Å². The van der Waals surface area contributed by atoms with Crippen molar-refractivity contribution in [2.45, 2.75) is 12.6 Å². The van der Waals surface area contributed by atoms with Crippen LogP contribution in [-0.2, 0) is 6.61 Å². The van der Waals surface area contributed by atoms with Crippen molar-refractivity contribution in [3.8, 4) is 11.5 Å². The zero-order chi connectivity index (χ0) is 28.8. The molecule has 1 aromatic heterocycles. The van der Waals surface area contributed by atoms with Crippen LogP contribution in [0.1, 0.15) is 33.2 Å². The molecule has 1 aliphatic heterocycles. The number of ether oxygens (including phenoxy) is 2. The number of hydrogen-bond acceptors (Lipinski definition) is 5. The van der Waals surface area contributed by atoms with Crippen LogP contribution in [0.5, 0.6) is 11.5 Å². The second kappa shape index (κ2) is 12.6. The smallest absolute Gasteiger partial charge is 0.278 e. The van der Waals surface area contributed by atoms with Gasteiger partial charge in [-0.05, 0) is 17.2 Å². The van der Waals surface area contributed by atoms with E-state index in [1.165, 1.54) is 6.07 Å². The molecule has 41 heavy (non-hydrogen) atoms. The molecule has 3 aromatic carbocycles. The van der Waals surface area contributed by atoms with E-state index < -0.39 is 6.04 Å². The predicted octanol–water partition coefficient (Wildman–Crippen LogP) is 5.97. The summed E-state index contributed by atoms with van der Waals surface area (Å²) >= 11 is 6.66. The fraction of sp³-hybridized carbons (Fsp3) is 0.152. The SMILES string of the molecule is C=CCOc1c(Cl)cccc1C(c1ccccc1)N1CN(CC=C)C(=O)c2c(OCc3ccccc3)c(=O)ccn21. The highest BCUT2D eigenvalue weighted by Crippen LogP contribution is 2.40. The van der Waals surface area contributed by atoms with Gasteiger partial charge < -0.3 is 14.4 Å². The van der Waals surface area contributed by atoms with Gasteiger partial charge in [0.1, 0.15) is 31.7 Å². The van der Waals surface area contributed by atoms with Crippen LogP contribution in [0.2, 0.25) is 5.02 Å². The maximum atomic E-state index is 13.8. The molecule has 0 radical (unpaired) electrons. The Balaban J connectivity index is 1.70. The van der Waals surface area contributed by atoms with Crippen molar-refractivity contribution in [1.29, 1.82) is 0 Å². The lowest BCUT2D eigenvalue weighted by molar-refractivity contribution is 0.0698. The first-order valence-electron chi connectivity index (χ1n) is 13.2. The highest BCUT2D eigenvalue weighted by molar-refractivity contribution is 6.32. The minimum absolute atomic E-state index is 0.0128. The van der Waals surface area contributed by atoms with E-state index in [1.54, 1.807) is 34.0 Å². The van der Waals surface area contributed by atoms with E-state index in [9.17, 15) is 9.59 Å². The Morgan fingerprint density at radius 3 is 2.29 bits per heavy atom. The number of amides is 1. The Bertz CT molecular complexity index is 1600. The molecule has 5 rings (SSSR count). The molecule has 1 aliphatic rings. The number of hydrogen-bond donors (Lipinski definition) is 0. The van der Waals surface area contributed by atoms with Crippen LogP contribution in [0.4, 0.5) is 0 Å². The normalized spacial score (nSPS) is 13.3. The molecule has 0 saturated carbocycles. The molecule has 2 heterocycles. The van der Waals surface area contributed by atoms with Gasteiger partial charge in [0.15, 0.2) is 11.4 Å². The van der Waals surface area contributed by atoms with Gasteiger partial charge in [-0.2, -0.15) is 0 Å². The lowest BCUT2D eigenvalue weighted by atomic mass is 9.97. The zero-order valence-electron chi connectivity index (χ0n) is 22.5. The molecule has 0 fully saturated rings. The van der Waals surface area contributed by atoms with Gasteiger partial charge in [-0.1, -0.05) is 103 Å². The van der Waals surface area contributed by atoms with Crippen molar-refractivity contribution in [3.05, 3.63) is 154 Å². The third-order valence-corrected chi connectivity index (χ3v) is 7.04. The fourth-order valence-electron chi connectivity index (χ4n) is 4.93. The molecule has 7 nitrogen and oxygen atoms in total. The summed E-state index contributed by atoms with van der Waals surface area (Å²) in [6.45, 7) is 8.49. The molecule has 0 spiro atoms. The summed E-state index contributed by atoms with van der Waals surface area (Å²) < 4.78 is 13.8. The van der Waals surface area contributed by atoms with E-state index in [4.69, 9.17) is 21.1 Å². The fourth-order valence-corrected chi connectivity index (χ4v) is 5.17. The quantitative estimate of drug-likeness (QED) is 0.209. The Kier molecular flexibility index (Phi) is 8.56. The van der Waals surface area contributed by atoms with Gasteiger partial charge in [0, 0.05) is 24.4 Å². The Labute approximate surface area is 244 Å². The maximum absolute atomic E-state index is 13.8. The summed E-state index contributed by atoms with van der Waals surface area (Å²) in [5.41, 5.74) is 2.35. The number of carbonyl (C=O) groups is 1. The van der Waals surface area contributed by atoms with Crippen molar-refractivity contribution in [2.75, 3.05) is 24.8 Å². The molecule has 1 atom stereocenters. The summed E-state index contributed by atoms with van der Waals surface area (Å²) in [6.07, 6.45) is 4.93. The van der Waals surface area contributed by atoms with Gasteiger partial charge in [-0.3, -0.25) is 19.3 Å². The highest BCUT2D eigenvalue weighted by Gasteiger charge is 2.37. The first-order chi connectivity index (χ1) is 20.0. The first kappa shape index (κ1) is 27.8. The summed E-state index contributed by atoms with van der Waals surface area (Å²) in [5.74, 6) is 0.169. The number of aromatic nitrogens is 1. The molecule has 8 heteroatoms. The largest absolute Gasteiger partial charge is 0.488 e. The number of halogens is 1. The van der Waals surface area contributed by atoms with Crippen molar-refractivity contribution in [3.63, 3.8) is 0 Å². The van der Waals surface area contributed by atoms with E-state index in [1.807, 2.05) is 77.8 Å². The van der Waals surface area contributed by atoms with E-state index >= 15 is 0 Å². The monoisotopic (exact) mass is 567 g/mol. The number of pyridine rings is 1. The number of para-hydroxylation sites is 1. The lowest BCUT2D eigenvalue weighted by Crippen LogP contribution is -2.55. The topological polar surface area (TPSA) is 64.0 Å². The molecule has 1 amide bonds. The van der Waals surface area contributed by atoms with E-state index in [0.717, 1.165) is 16.7 Å². The van der Waals surface area contributed by atoms with Crippen molar-refractivity contribution in [2.24, 2.45) is 0 Å². The second-order valence-electron chi connectivity index (χ2n) is 9.44. The summed E-state index contributed by atoms with van der Waals surface area (Å²) in [5, 5.41) is 2.45. The Morgan fingerprint density at radius 2 is 1.59 bits per heavy atom. The Morgan fingerprint density at radius 1 is 0.854 bits per heavy atom. The number of fused-ring (bicyclic) bond motifs is 1. The average molecular weight is 568 g/mol. The first-order valence-corrected chi connectivity index (χ1v) is 13.6. The standard InChI is InChI=1S/C33H30ClN3O4/c1-3-19-35-23-37(29(25-14-9-6-10-15-25)26-16-11-17-27(34)31(26)40-21-4-2)36-20-18-28(38)32(30(36)33(35)39)41-22-24-12-7-5-8-13-24/h3-18,20,29H,1-2,19,21-23H2. The van der Waals surface area contributed by atoms with Crippen LogP contribution in [0.3, 0.4) is 0 Å². The maximum Gasteiger partial charge on any atom is 0.278 e. The third kappa shape index (κ3) is 5.76. The summed E-state index contributed by atoms with van der Waals surface area (Å²) in [6, 6.07) is 25.9. The average Bonchev–Trinajstić information content (AvgIpc) is 2.99. The van der Waals surface area contributed by atoms with Crippen LogP contribution in [0, 0.1) is 0 Å². The Hall–Kier alpha value is -4.75. The zero-order valence-corrected chi connectivity index (χ0v) is 23.2. The van der Waals surface area contributed by atoms with Crippen molar-refractivity contribution >= 4 is 17.5 Å². The molecular formula is C33H30ClN3O4. The van der Waals surface area contributed by atoms with E-state index in [-0.39, 0.29) is 49.2 Å². The van der Waals surface area contributed by atoms with Gasteiger partial charge in [0.25, 0.3) is 5.91 Å². The van der Waals surface area contributed by atoms with Crippen LogP contribution in [-0.4, -0.2) is 35.3 Å². The van der Waals surface area contributed by atoms with Gasteiger partial charge in [-0.15, -0.1) is 6.58 Å². The van der Waals surface area contributed by atoms with Crippen LogP contribution in [0.15, 0.2) is 121 Å². The minimum atomic E-state index is -0.460. The summed E-state index contributed by atoms with van der Waals surface area (Å²) in [4.78, 5) is 28.6. The van der Waals surface area contributed by atoms with Gasteiger partial charge in [0.2, 0.25) is 5.43 Å². The van der Waals surface area contributed by atoms with Crippen LogP contribution in [0.25, 0.3) is 0 Å². The number of carbonyl (C=O) groups excluding carboxylic acids is 1. The van der Waals surface area contributed by atoms with Crippen molar-refractivity contribution in [1.82, 2.24) is 9.58 Å². The molecule has 0 aliphatic carbocycles. The van der Waals surface area contributed by atoms with Crippen molar-refractivity contribution < 1.29 is 14.3 Å². The molecule has 0 saturated heterocycles. The molecule has 4 aromatic rings. The predicted molar refractivity (Wildman–Crippen MR) is 161 cm³/mol. The number of benzene rings is 3. The molecule has 0 bridgehead atoms. The number of rotatable bonds is 11. The van der Waals surface area contributed by atoms with Gasteiger partial charge >= 0.3 is 0 Å². The molecule has 1 unspecified atom stereocenters. The minimum Gasteiger partial charge on any atom is -0.488 e. The highest BCUT2D eigenvalue weighted by atomic mass is 35.5. The summed E-state index contributed by atoms with van der Waals surface area (Å²) in [7, 11) is 0. The van der Waals surface area contributed by atoms with Gasteiger partial charge in [-0.25, -0.2) is 0 Å². The lowest BCUT2D eigenvalue weighted by Gasteiger charge is -2.44. The molecular weight excluding hydrogens is 538 g/mol. The molecule has 0 N–H and O–H groups in total. The second-order valence-corrected chi connectivity index (χ2v) is 9.85. The third-order valence-electron chi connectivity index (χ3n) is 6.74.